The molecule has 3 aromatic rings. The molecule has 0 spiro atoms. The van der Waals surface area contributed by atoms with Crippen molar-refractivity contribution in [2.45, 2.75) is 13.3 Å². The third-order valence-corrected chi connectivity index (χ3v) is 6.19. The fourth-order valence-corrected chi connectivity index (χ4v) is 4.69. The first-order valence-electron chi connectivity index (χ1n) is 8.02. The average Bonchev–Trinajstić information content (AvgIpc) is 3.18. The van der Waals surface area contributed by atoms with E-state index in [1.54, 1.807) is 11.3 Å². The number of benzene rings is 1. The molecule has 0 bridgehead atoms. The first-order valence-corrected chi connectivity index (χ1v) is 9.65. The molecule has 2 aromatic heterocycles. The van der Waals surface area contributed by atoms with E-state index in [0.717, 1.165) is 39.0 Å². The van der Waals surface area contributed by atoms with Crippen molar-refractivity contribution < 1.29 is 14.6 Å². The number of rotatable bonds is 4. The van der Waals surface area contributed by atoms with E-state index < -0.39 is 5.97 Å². The standard InChI is InChI=1S/C17H17N3O3S2/c1-10-18-12-8-11(2-3-14(12)24-10)9-13-15(16(21)22)25-17(19-13)20-4-6-23-7-5-20/h2-3,8H,4-7,9H2,1H3,(H,21,22). The number of carbonyl (C=O) groups is 1. The second-order valence-electron chi connectivity index (χ2n) is 5.89. The van der Waals surface area contributed by atoms with Crippen molar-refractivity contribution in [2.75, 3.05) is 31.2 Å². The number of hydrogen-bond acceptors (Lipinski definition) is 7. The van der Waals surface area contributed by atoms with E-state index in [-0.39, 0.29) is 0 Å². The van der Waals surface area contributed by atoms with E-state index in [4.69, 9.17) is 4.74 Å². The lowest BCUT2D eigenvalue weighted by Gasteiger charge is -2.26. The van der Waals surface area contributed by atoms with Crippen molar-refractivity contribution in [3.8, 4) is 0 Å². The molecule has 0 atom stereocenters. The van der Waals surface area contributed by atoms with Crippen molar-refractivity contribution in [2.24, 2.45) is 0 Å². The molecule has 130 valence electrons. The molecule has 0 radical (unpaired) electrons. The number of thiazole rings is 2. The zero-order chi connectivity index (χ0) is 17.4. The molecule has 1 aliphatic rings. The molecule has 6 nitrogen and oxygen atoms in total. The van der Waals surface area contributed by atoms with Crippen molar-refractivity contribution in [1.29, 1.82) is 0 Å². The molecule has 0 aliphatic carbocycles. The van der Waals surface area contributed by atoms with Crippen LogP contribution in [0.2, 0.25) is 0 Å². The molecule has 1 fully saturated rings. The maximum atomic E-state index is 11.6. The summed E-state index contributed by atoms with van der Waals surface area (Å²) in [6.45, 7) is 4.78. The minimum absolute atomic E-state index is 0.316. The molecule has 4 rings (SSSR count). The van der Waals surface area contributed by atoms with Gasteiger partial charge < -0.3 is 14.7 Å². The van der Waals surface area contributed by atoms with Crippen LogP contribution in [0.4, 0.5) is 5.13 Å². The second kappa shape index (κ2) is 6.70. The van der Waals surface area contributed by atoms with Crippen LogP contribution < -0.4 is 4.90 Å². The van der Waals surface area contributed by atoms with Gasteiger partial charge in [0, 0.05) is 19.5 Å². The van der Waals surface area contributed by atoms with Gasteiger partial charge in [0.2, 0.25) is 0 Å². The molecule has 1 aromatic carbocycles. The molecule has 8 heteroatoms. The maximum absolute atomic E-state index is 11.6. The van der Waals surface area contributed by atoms with E-state index >= 15 is 0 Å². The zero-order valence-electron chi connectivity index (χ0n) is 13.7. The van der Waals surface area contributed by atoms with Crippen LogP contribution in [0.5, 0.6) is 0 Å². The highest BCUT2D eigenvalue weighted by Gasteiger charge is 2.22. The lowest BCUT2D eigenvalue weighted by atomic mass is 10.1. The maximum Gasteiger partial charge on any atom is 0.347 e. The third-order valence-electron chi connectivity index (χ3n) is 4.09. The lowest BCUT2D eigenvalue weighted by Crippen LogP contribution is -2.36. The molecule has 1 N–H and O–H groups in total. The lowest BCUT2D eigenvalue weighted by molar-refractivity contribution is 0.0701. The number of fused-ring (bicyclic) bond motifs is 1. The molecule has 1 aliphatic heterocycles. The second-order valence-corrected chi connectivity index (χ2v) is 8.10. The van der Waals surface area contributed by atoms with Gasteiger partial charge in [-0.05, 0) is 24.6 Å². The van der Waals surface area contributed by atoms with Gasteiger partial charge in [0.15, 0.2) is 5.13 Å². The molecular weight excluding hydrogens is 358 g/mol. The number of carboxylic acid groups (broad SMARTS) is 1. The Morgan fingerprint density at radius 3 is 2.84 bits per heavy atom. The number of aryl methyl sites for hydroxylation is 1. The summed E-state index contributed by atoms with van der Waals surface area (Å²) in [7, 11) is 0. The SMILES string of the molecule is Cc1nc2cc(Cc3nc(N4CCOCC4)sc3C(=O)O)ccc2s1. The molecule has 1 saturated heterocycles. The third kappa shape index (κ3) is 3.37. The van der Waals surface area contributed by atoms with Crippen molar-refractivity contribution in [1.82, 2.24) is 9.97 Å². The van der Waals surface area contributed by atoms with E-state index in [1.165, 1.54) is 11.3 Å². The summed E-state index contributed by atoms with van der Waals surface area (Å²) >= 11 is 2.91. The van der Waals surface area contributed by atoms with Gasteiger partial charge in [-0.1, -0.05) is 17.4 Å². The predicted octanol–water partition coefficient (Wildman–Crippen LogP) is 3.19. The molecule has 3 heterocycles. The number of ether oxygens (including phenoxy) is 1. The number of hydrogen-bond donors (Lipinski definition) is 1. The summed E-state index contributed by atoms with van der Waals surface area (Å²) in [5.74, 6) is -0.919. The Labute approximate surface area is 152 Å². The molecule has 0 saturated carbocycles. The summed E-state index contributed by atoms with van der Waals surface area (Å²) < 4.78 is 6.50. The van der Waals surface area contributed by atoms with E-state index in [1.807, 2.05) is 25.1 Å². The fraction of sp³-hybridized carbons (Fsp3) is 0.353. The Morgan fingerprint density at radius 1 is 1.28 bits per heavy atom. The Hall–Kier alpha value is -2.03. The minimum atomic E-state index is -0.919. The van der Waals surface area contributed by atoms with Crippen LogP contribution in [-0.4, -0.2) is 47.3 Å². The highest BCUT2D eigenvalue weighted by atomic mass is 32.1. The Bertz CT molecular complexity index is 929. The molecule has 25 heavy (non-hydrogen) atoms. The Morgan fingerprint density at radius 2 is 2.08 bits per heavy atom. The van der Waals surface area contributed by atoms with Gasteiger partial charge in [-0.2, -0.15) is 0 Å². The van der Waals surface area contributed by atoms with Gasteiger partial charge in [0.25, 0.3) is 0 Å². The summed E-state index contributed by atoms with van der Waals surface area (Å²) in [6, 6.07) is 6.10. The Balaban J connectivity index is 1.65. The van der Waals surface area contributed by atoms with Crippen molar-refractivity contribution in [3.63, 3.8) is 0 Å². The number of aromatic carboxylic acids is 1. The van der Waals surface area contributed by atoms with E-state index in [0.29, 0.717) is 30.2 Å². The number of morpholine rings is 1. The normalized spacial score (nSPS) is 15.0. The zero-order valence-corrected chi connectivity index (χ0v) is 15.3. The van der Waals surface area contributed by atoms with Gasteiger partial charge in [-0.25, -0.2) is 14.8 Å². The smallest absolute Gasteiger partial charge is 0.347 e. The molecule has 0 amide bonds. The van der Waals surface area contributed by atoms with Gasteiger partial charge in [-0.15, -0.1) is 11.3 Å². The van der Waals surface area contributed by atoms with Gasteiger partial charge >= 0.3 is 5.97 Å². The van der Waals surface area contributed by atoms with Gasteiger partial charge in [0.05, 0.1) is 34.1 Å². The monoisotopic (exact) mass is 375 g/mol. The van der Waals surface area contributed by atoms with Gasteiger partial charge in [0.1, 0.15) is 4.88 Å². The number of nitrogens with zero attached hydrogens (tertiary/aromatic N) is 3. The van der Waals surface area contributed by atoms with Crippen LogP contribution in [-0.2, 0) is 11.2 Å². The number of aromatic nitrogens is 2. The van der Waals surface area contributed by atoms with Crippen molar-refractivity contribution in [3.05, 3.63) is 39.3 Å². The van der Waals surface area contributed by atoms with E-state index in [2.05, 4.69) is 14.9 Å². The van der Waals surface area contributed by atoms with Gasteiger partial charge in [-0.3, -0.25) is 0 Å². The topological polar surface area (TPSA) is 75.5 Å². The van der Waals surface area contributed by atoms with Crippen LogP contribution in [0.25, 0.3) is 10.2 Å². The van der Waals surface area contributed by atoms with Crippen molar-refractivity contribution >= 4 is 44.0 Å². The van der Waals surface area contributed by atoms with E-state index in [9.17, 15) is 9.90 Å². The summed E-state index contributed by atoms with van der Waals surface area (Å²) in [4.78, 5) is 23.2. The summed E-state index contributed by atoms with van der Waals surface area (Å²) in [5.41, 5.74) is 2.60. The summed E-state index contributed by atoms with van der Waals surface area (Å²) in [6.07, 6.45) is 0.495. The van der Waals surface area contributed by atoms with Crippen LogP contribution in [0.3, 0.4) is 0 Å². The highest BCUT2D eigenvalue weighted by molar-refractivity contribution is 7.18. The van der Waals surface area contributed by atoms with Crippen LogP contribution in [0, 0.1) is 6.92 Å². The Kier molecular flexibility index (Phi) is 4.41. The molecule has 0 unspecified atom stereocenters. The summed E-state index contributed by atoms with van der Waals surface area (Å²) in [5, 5.41) is 11.3. The fourth-order valence-electron chi connectivity index (χ4n) is 2.91. The highest BCUT2D eigenvalue weighted by Crippen LogP contribution is 2.30. The van der Waals surface area contributed by atoms with Crippen LogP contribution in [0.1, 0.15) is 25.9 Å². The molecular formula is C17H17N3O3S2. The van der Waals surface area contributed by atoms with Crippen LogP contribution >= 0.6 is 22.7 Å². The number of carboxylic acids is 1. The number of anilines is 1. The minimum Gasteiger partial charge on any atom is -0.477 e. The van der Waals surface area contributed by atoms with Crippen LogP contribution in [0.15, 0.2) is 18.2 Å². The predicted molar refractivity (Wildman–Crippen MR) is 99.3 cm³/mol. The first-order chi connectivity index (χ1) is 12.1. The first kappa shape index (κ1) is 16.4. The quantitative estimate of drug-likeness (QED) is 0.755. The largest absolute Gasteiger partial charge is 0.477 e. The average molecular weight is 375 g/mol.